The molecule has 0 aromatic rings. The van der Waals surface area contributed by atoms with E-state index in [0.717, 1.165) is 44.8 Å². The minimum Gasteiger partial charge on any atom is -0.392 e. The van der Waals surface area contributed by atoms with Crippen LogP contribution in [-0.4, -0.2) is 59.6 Å². The van der Waals surface area contributed by atoms with Gasteiger partial charge >= 0.3 is 0 Å². The van der Waals surface area contributed by atoms with Gasteiger partial charge in [-0.2, -0.15) is 0 Å². The van der Waals surface area contributed by atoms with Crippen molar-refractivity contribution in [1.29, 1.82) is 0 Å². The highest BCUT2D eigenvalue weighted by Crippen LogP contribution is 2.16. The Morgan fingerprint density at radius 1 is 1.25 bits per heavy atom. The number of β-amino-alcohol motifs (C(OH)–C–C–N with tert-alkyl or cyclic N) is 1. The lowest BCUT2D eigenvalue weighted by atomic mass is 9.99. The van der Waals surface area contributed by atoms with Crippen molar-refractivity contribution < 1.29 is 9.90 Å². The Kier molecular flexibility index (Phi) is 3.82. The van der Waals surface area contributed by atoms with Crippen LogP contribution in [0.25, 0.3) is 0 Å². The topological polar surface area (TPSA) is 43.8 Å². The van der Waals surface area contributed by atoms with Crippen molar-refractivity contribution in [3.63, 3.8) is 0 Å². The third-order valence-corrected chi connectivity index (χ3v) is 3.74. The lowest BCUT2D eigenvalue weighted by Crippen LogP contribution is -2.43. The molecule has 0 unspecified atom stereocenters. The zero-order chi connectivity index (χ0) is 11.5. The van der Waals surface area contributed by atoms with E-state index in [9.17, 15) is 9.90 Å². The van der Waals surface area contributed by atoms with Crippen molar-refractivity contribution in [3.05, 3.63) is 0 Å². The molecule has 2 aliphatic rings. The number of rotatable bonds is 2. The molecule has 92 valence electrons. The number of hydrogen-bond acceptors (Lipinski definition) is 3. The zero-order valence-electron chi connectivity index (χ0n) is 10.1. The molecule has 4 heteroatoms. The molecule has 2 saturated heterocycles. The summed E-state index contributed by atoms with van der Waals surface area (Å²) in [4.78, 5) is 16.0. The van der Waals surface area contributed by atoms with Crippen LogP contribution < -0.4 is 0 Å². The first kappa shape index (κ1) is 11.9. The van der Waals surface area contributed by atoms with Crippen LogP contribution in [0, 0.1) is 5.92 Å². The molecule has 0 radical (unpaired) electrons. The maximum absolute atomic E-state index is 12.0. The van der Waals surface area contributed by atoms with Gasteiger partial charge in [0, 0.05) is 26.2 Å². The second-order valence-corrected chi connectivity index (χ2v) is 5.24. The molecule has 16 heavy (non-hydrogen) atoms. The summed E-state index contributed by atoms with van der Waals surface area (Å²) in [6, 6.07) is 0. The molecule has 4 nitrogen and oxygen atoms in total. The van der Waals surface area contributed by atoms with Gasteiger partial charge in [0.05, 0.1) is 12.6 Å². The lowest BCUT2D eigenvalue weighted by Gasteiger charge is -2.31. The second kappa shape index (κ2) is 5.15. The van der Waals surface area contributed by atoms with Crippen LogP contribution in [0.15, 0.2) is 0 Å². The SMILES string of the molecule is CC1CCN(C(=O)CN2CC[C@@H](O)C2)CC1. The number of aliphatic hydroxyl groups excluding tert-OH is 1. The molecule has 0 bridgehead atoms. The van der Waals surface area contributed by atoms with E-state index in [1.54, 1.807) is 0 Å². The number of carbonyl (C=O) groups is 1. The van der Waals surface area contributed by atoms with E-state index in [4.69, 9.17) is 0 Å². The van der Waals surface area contributed by atoms with Crippen LogP contribution in [0.4, 0.5) is 0 Å². The highest BCUT2D eigenvalue weighted by molar-refractivity contribution is 5.78. The third-order valence-electron chi connectivity index (χ3n) is 3.74. The van der Waals surface area contributed by atoms with Gasteiger partial charge in [-0.05, 0) is 25.2 Å². The molecule has 1 N–H and O–H groups in total. The van der Waals surface area contributed by atoms with Gasteiger partial charge in [-0.25, -0.2) is 0 Å². The largest absolute Gasteiger partial charge is 0.392 e. The van der Waals surface area contributed by atoms with Crippen molar-refractivity contribution in [2.24, 2.45) is 5.92 Å². The molecule has 0 aromatic heterocycles. The molecule has 1 amide bonds. The second-order valence-electron chi connectivity index (χ2n) is 5.24. The molecular formula is C12H22N2O2. The molecule has 1 atom stereocenters. The standard InChI is InChI=1S/C12H22N2O2/c1-10-2-6-14(7-3-10)12(16)9-13-5-4-11(15)8-13/h10-11,15H,2-9H2,1H3/t11-/m1/s1. The maximum atomic E-state index is 12.0. The number of hydrogen-bond donors (Lipinski definition) is 1. The fourth-order valence-electron chi connectivity index (χ4n) is 2.51. The Bertz CT molecular complexity index is 249. The molecule has 0 aliphatic carbocycles. The summed E-state index contributed by atoms with van der Waals surface area (Å²) in [7, 11) is 0. The fraction of sp³-hybridized carbons (Fsp3) is 0.917. The van der Waals surface area contributed by atoms with E-state index in [1.807, 2.05) is 4.90 Å². The molecule has 0 saturated carbocycles. The summed E-state index contributed by atoms with van der Waals surface area (Å²) in [5, 5.41) is 9.39. The number of carbonyl (C=O) groups excluding carboxylic acids is 1. The van der Waals surface area contributed by atoms with Gasteiger partial charge in [0.25, 0.3) is 0 Å². The molecular weight excluding hydrogens is 204 g/mol. The summed E-state index contributed by atoms with van der Waals surface area (Å²) in [5.41, 5.74) is 0. The van der Waals surface area contributed by atoms with Crippen LogP contribution in [0.5, 0.6) is 0 Å². The van der Waals surface area contributed by atoms with Crippen LogP contribution in [0.1, 0.15) is 26.2 Å². The van der Waals surface area contributed by atoms with E-state index in [2.05, 4.69) is 11.8 Å². The first-order chi connectivity index (χ1) is 7.65. The van der Waals surface area contributed by atoms with Crippen LogP contribution in [-0.2, 0) is 4.79 Å². The Hall–Kier alpha value is -0.610. The Morgan fingerprint density at radius 3 is 2.50 bits per heavy atom. The highest BCUT2D eigenvalue weighted by atomic mass is 16.3. The average Bonchev–Trinajstić information content (AvgIpc) is 2.65. The third kappa shape index (κ3) is 2.95. The lowest BCUT2D eigenvalue weighted by molar-refractivity contribution is -0.133. The summed E-state index contributed by atoms with van der Waals surface area (Å²) < 4.78 is 0. The van der Waals surface area contributed by atoms with E-state index in [0.29, 0.717) is 13.1 Å². The normalized spacial score (nSPS) is 28.6. The van der Waals surface area contributed by atoms with Crippen LogP contribution in [0.2, 0.25) is 0 Å². The van der Waals surface area contributed by atoms with Crippen molar-refractivity contribution in [3.8, 4) is 0 Å². The van der Waals surface area contributed by atoms with Gasteiger partial charge in [-0.1, -0.05) is 6.92 Å². The van der Waals surface area contributed by atoms with Gasteiger partial charge in [-0.15, -0.1) is 0 Å². The number of amides is 1. The number of likely N-dealkylation sites (tertiary alicyclic amines) is 2. The van der Waals surface area contributed by atoms with Crippen LogP contribution in [0.3, 0.4) is 0 Å². The molecule has 2 rings (SSSR count). The van der Waals surface area contributed by atoms with Gasteiger partial charge in [0.2, 0.25) is 5.91 Å². The Morgan fingerprint density at radius 2 is 1.94 bits per heavy atom. The predicted octanol–water partition coefficient (Wildman–Crippen LogP) is 0.311. The predicted molar refractivity (Wildman–Crippen MR) is 62.0 cm³/mol. The Balaban J connectivity index is 1.75. The van der Waals surface area contributed by atoms with Crippen molar-refractivity contribution >= 4 is 5.91 Å². The minimum atomic E-state index is -0.228. The molecule has 0 aromatic carbocycles. The number of piperidine rings is 1. The highest BCUT2D eigenvalue weighted by Gasteiger charge is 2.25. The number of aliphatic hydroxyl groups is 1. The molecule has 0 spiro atoms. The molecule has 2 heterocycles. The fourth-order valence-corrected chi connectivity index (χ4v) is 2.51. The first-order valence-corrected chi connectivity index (χ1v) is 6.33. The summed E-state index contributed by atoms with van der Waals surface area (Å²) in [6.45, 7) is 6.09. The monoisotopic (exact) mass is 226 g/mol. The summed E-state index contributed by atoms with van der Waals surface area (Å²) >= 11 is 0. The summed E-state index contributed by atoms with van der Waals surface area (Å²) in [6.07, 6.45) is 2.85. The first-order valence-electron chi connectivity index (χ1n) is 6.33. The zero-order valence-corrected chi connectivity index (χ0v) is 10.1. The van der Waals surface area contributed by atoms with Crippen molar-refractivity contribution in [1.82, 2.24) is 9.80 Å². The van der Waals surface area contributed by atoms with E-state index < -0.39 is 0 Å². The Labute approximate surface area is 97.2 Å². The van der Waals surface area contributed by atoms with Gasteiger partial charge in [0.1, 0.15) is 0 Å². The average molecular weight is 226 g/mol. The van der Waals surface area contributed by atoms with E-state index >= 15 is 0 Å². The molecule has 2 fully saturated rings. The smallest absolute Gasteiger partial charge is 0.236 e. The van der Waals surface area contributed by atoms with E-state index in [1.165, 1.54) is 0 Å². The minimum absolute atomic E-state index is 0.228. The van der Waals surface area contributed by atoms with Gasteiger partial charge in [-0.3, -0.25) is 9.69 Å². The quantitative estimate of drug-likeness (QED) is 0.737. The van der Waals surface area contributed by atoms with Crippen molar-refractivity contribution in [2.75, 3.05) is 32.7 Å². The van der Waals surface area contributed by atoms with Crippen LogP contribution >= 0.6 is 0 Å². The maximum Gasteiger partial charge on any atom is 0.236 e. The van der Waals surface area contributed by atoms with Gasteiger partial charge < -0.3 is 10.0 Å². The molecule has 2 aliphatic heterocycles. The summed E-state index contributed by atoms with van der Waals surface area (Å²) in [5.74, 6) is 0.999. The van der Waals surface area contributed by atoms with Crippen molar-refractivity contribution in [2.45, 2.75) is 32.3 Å². The van der Waals surface area contributed by atoms with Gasteiger partial charge in [0.15, 0.2) is 0 Å². The number of nitrogens with zero attached hydrogens (tertiary/aromatic N) is 2. The van der Waals surface area contributed by atoms with E-state index in [-0.39, 0.29) is 12.0 Å².